The van der Waals surface area contributed by atoms with Crippen LogP contribution in [0.15, 0.2) is 42.6 Å². The molecule has 1 aromatic carbocycles. The molecule has 0 atom stereocenters. The van der Waals surface area contributed by atoms with Crippen LogP contribution in [0.5, 0.6) is 0 Å². The van der Waals surface area contributed by atoms with Crippen molar-refractivity contribution >= 4 is 11.7 Å². The normalized spacial score (nSPS) is 16.5. The summed E-state index contributed by atoms with van der Waals surface area (Å²) < 4.78 is 53.6. The molecule has 0 saturated carbocycles. The van der Waals surface area contributed by atoms with Gasteiger partial charge in [0, 0.05) is 43.6 Å². The van der Waals surface area contributed by atoms with E-state index in [4.69, 9.17) is 0 Å². The topological polar surface area (TPSA) is 54.3 Å². The molecular weight excluding hydrogens is 450 g/mol. The lowest BCUT2D eigenvalue weighted by atomic mass is 10.2. The van der Waals surface area contributed by atoms with E-state index in [1.165, 1.54) is 18.2 Å². The lowest BCUT2D eigenvalue weighted by molar-refractivity contribution is -0.137. The summed E-state index contributed by atoms with van der Waals surface area (Å²) in [5.41, 5.74) is 2.29. The van der Waals surface area contributed by atoms with Crippen molar-refractivity contribution in [3.8, 4) is 5.69 Å². The van der Waals surface area contributed by atoms with E-state index in [-0.39, 0.29) is 11.7 Å². The van der Waals surface area contributed by atoms with E-state index in [9.17, 15) is 22.4 Å². The van der Waals surface area contributed by atoms with Crippen LogP contribution in [0.4, 0.5) is 23.4 Å². The third-order valence-corrected chi connectivity index (χ3v) is 6.39. The quantitative estimate of drug-likeness (QED) is 0.534. The van der Waals surface area contributed by atoms with Gasteiger partial charge in [0.25, 0.3) is 5.91 Å². The molecule has 0 spiro atoms. The summed E-state index contributed by atoms with van der Waals surface area (Å²) in [6, 6.07) is 8.45. The number of benzene rings is 1. The largest absolute Gasteiger partial charge is 0.417 e. The van der Waals surface area contributed by atoms with Crippen LogP contribution in [0, 0.1) is 5.82 Å². The lowest BCUT2D eigenvalue weighted by Crippen LogP contribution is -2.36. The maximum atomic E-state index is 13.4. The van der Waals surface area contributed by atoms with Crippen LogP contribution in [0.3, 0.4) is 0 Å². The van der Waals surface area contributed by atoms with Crippen LogP contribution < -0.4 is 4.90 Å². The van der Waals surface area contributed by atoms with Gasteiger partial charge >= 0.3 is 6.18 Å². The van der Waals surface area contributed by atoms with Crippen molar-refractivity contribution in [2.75, 3.05) is 31.1 Å². The molecule has 3 heterocycles. The molecule has 34 heavy (non-hydrogen) atoms. The SMILES string of the molecule is O=C(c1nn(-c2ccc(F)cc2)c2c1CCC2)N1CCCN(c2ccc(C(F)(F)F)cn2)CC1. The second-order valence-corrected chi connectivity index (χ2v) is 8.55. The van der Waals surface area contributed by atoms with Crippen molar-refractivity contribution in [3.05, 3.63) is 70.9 Å². The zero-order chi connectivity index (χ0) is 23.9. The summed E-state index contributed by atoms with van der Waals surface area (Å²) in [6.45, 7) is 1.99. The Morgan fingerprint density at radius 1 is 0.912 bits per heavy atom. The summed E-state index contributed by atoms with van der Waals surface area (Å²) in [4.78, 5) is 21.1. The van der Waals surface area contributed by atoms with E-state index in [1.54, 1.807) is 21.7 Å². The minimum absolute atomic E-state index is 0.152. The van der Waals surface area contributed by atoms with Gasteiger partial charge in [0.05, 0.1) is 11.3 Å². The maximum absolute atomic E-state index is 13.4. The molecule has 0 unspecified atom stereocenters. The number of hydrogen-bond acceptors (Lipinski definition) is 4. The second-order valence-electron chi connectivity index (χ2n) is 8.55. The number of carbonyl (C=O) groups excluding carboxylic acids is 1. The highest BCUT2D eigenvalue weighted by Crippen LogP contribution is 2.30. The summed E-state index contributed by atoms with van der Waals surface area (Å²) in [5, 5.41) is 4.62. The molecule has 0 N–H and O–H groups in total. The van der Waals surface area contributed by atoms with Crippen LogP contribution >= 0.6 is 0 Å². The Hall–Kier alpha value is -3.43. The van der Waals surface area contributed by atoms with Gasteiger partial charge in [0.1, 0.15) is 11.6 Å². The Morgan fingerprint density at radius 2 is 1.71 bits per heavy atom. The number of fused-ring (bicyclic) bond motifs is 1. The van der Waals surface area contributed by atoms with Crippen LogP contribution in [-0.4, -0.2) is 51.8 Å². The fraction of sp³-hybridized carbons (Fsp3) is 0.375. The van der Waals surface area contributed by atoms with Gasteiger partial charge in [-0.05, 0) is 62.1 Å². The molecule has 1 saturated heterocycles. The molecule has 1 aliphatic carbocycles. The fourth-order valence-electron chi connectivity index (χ4n) is 4.65. The van der Waals surface area contributed by atoms with Gasteiger partial charge in [-0.15, -0.1) is 0 Å². The van der Waals surface area contributed by atoms with Crippen molar-refractivity contribution in [2.45, 2.75) is 31.9 Å². The Morgan fingerprint density at radius 3 is 2.41 bits per heavy atom. The van der Waals surface area contributed by atoms with Crippen LogP contribution in [-0.2, 0) is 19.0 Å². The molecule has 6 nitrogen and oxygen atoms in total. The van der Waals surface area contributed by atoms with E-state index < -0.39 is 11.7 Å². The number of rotatable bonds is 3. The van der Waals surface area contributed by atoms with E-state index >= 15 is 0 Å². The Bertz CT molecular complexity index is 1190. The number of carbonyl (C=O) groups is 1. The standard InChI is InChI=1S/C24H23F4N5O/c25-17-6-8-18(9-7-17)33-20-4-1-3-19(20)22(30-33)23(34)32-12-2-11-31(13-14-32)21-10-5-16(15-29-21)24(26,27)28/h5-10,15H,1-4,11-14H2. The number of anilines is 1. The van der Waals surface area contributed by atoms with Crippen LogP contribution in [0.25, 0.3) is 5.69 Å². The molecule has 1 aliphatic heterocycles. The first kappa shape index (κ1) is 22.4. The molecule has 1 fully saturated rings. The number of halogens is 4. The zero-order valence-electron chi connectivity index (χ0n) is 18.4. The number of alkyl halides is 3. The van der Waals surface area contributed by atoms with E-state index in [0.717, 1.165) is 42.8 Å². The molecule has 0 radical (unpaired) electrons. The summed E-state index contributed by atoms with van der Waals surface area (Å²) >= 11 is 0. The number of nitrogens with zero attached hydrogens (tertiary/aromatic N) is 5. The highest BCUT2D eigenvalue weighted by molar-refractivity contribution is 5.94. The van der Waals surface area contributed by atoms with Crippen molar-refractivity contribution in [2.24, 2.45) is 0 Å². The highest BCUT2D eigenvalue weighted by atomic mass is 19.4. The molecule has 10 heteroatoms. The van der Waals surface area contributed by atoms with E-state index in [0.29, 0.717) is 49.8 Å². The third-order valence-electron chi connectivity index (χ3n) is 6.39. The Balaban J connectivity index is 1.33. The number of aromatic nitrogens is 3. The molecule has 0 bridgehead atoms. The van der Waals surface area contributed by atoms with Crippen LogP contribution in [0.2, 0.25) is 0 Å². The van der Waals surface area contributed by atoms with Gasteiger partial charge in [0.2, 0.25) is 0 Å². The van der Waals surface area contributed by atoms with Crippen molar-refractivity contribution in [1.82, 2.24) is 19.7 Å². The van der Waals surface area contributed by atoms with Gasteiger partial charge < -0.3 is 9.80 Å². The van der Waals surface area contributed by atoms with Gasteiger partial charge in [0.15, 0.2) is 5.69 Å². The first-order valence-corrected chi connectivity index (χ1v) is 11.3. The number of amides is 1. The van der Waals surface area contributed by atoms with Crippen LogP contribution in [0.1, 0.15) is 40.2 Å². The summed E-state index contributed by atoms with van der Waals surface area (Å²) in [6.07, 6.45) is -0.412. The minimum Gasteiger partial charge on any atom is -0.355 e. The van der Waals surface area contributed by atoms with E-state index in [1.807, 2.05) is 4.90 Å². The molecule has 3 aromatic rings. The monoisotopic (exact) mass is 473 g/mol. The van der Waals surface area contributed by atoms with Gasteiger partial charge in [-0.2, -0.15) is 18.3 Å². The van der Waals surface area contributed by atoms with E-state index in [2.05, 4.69) is 10.1 Å². The molecule has 1 amide bonds. The average molecular weight is 473 g/mol. The molecule has 2 aliphatic rings. The molecule has 178 valence electrons. The number of pyridine rings is 1. The first-order chi connectivity index (χ1) is 16.3. The van der Waals surface area contributed by atoms with Gasteiger partial charge in [-0.25, -0.2) is 14.1 Å². The smallest absolute Gasteiger partial charge is 0.355 e. The summed E-state index contributed by atoms with van der Waals surface area (Å²) in [7, 11) is 0. The van der Waals surface area contributed by atoms with Crippen molar-refractivity contribution in [1.29, 1.82) is 0 Å². The molecule has 5 rings (SSSR count). The highest BCUT2D eigenvalue weighted by Gasteiger charge is 2.32. The van der Waals surface area contributed by atoms with Crippen molar-refractivity contribution < 1.29 is 22.4 Å². The predicted molar refractivity (Wildman–Crippen MR) is 118 cm³/mol. The van der Waals surface area contributed by atoms with Gasteiger partial charge in [-0.3, -0.25) is 4.79 Å². The lowest BCUT2D eigenvalue weighted by Gasteiger charge is -2.23. The first-order valence-electron chi connectivity index (χ1n) is 11.3. The molecular formula is C24H23F4N5O. The average Bonchev–Trinajstić information content (AvgIpc) is 3.34. The minimum atomic E-state index is -4.43. The third kappa shape index (κ3) is 4.24. The fourth-order valence-corrected chi connectivity index (χ4v) is 4.65. The van der Waals surface area contributed by atoms with Gasteiger partial charge in [-0.1, -0.05) is 0 Å². The maximum Gasteiger partial charge on any atom is 0.417 e. The Kier molecular flexibility index (Phi) is 5.75. The molecule has 2 aromatic heterocycles. The number of hydrogen-bond donors (Lipinski definition) is 0. The second kappa shape index (κ2) is 8.73. The predicted octanol–water partition coefficient (Wildman–Crippen LogP) is 4.27. The Labute approximate surface area is 193 Å². The zero-order valence-corrected chi connectivity index (χ0v) is 18.4. The van der Waals surface area contributed by atoms with Crippen molar-refractivity contribution in [3.63, 3.8) is 0 Å². The summed E-state index contributed by atoms with van der Waals surface area (Å²) in [5.74, 6) is -0.0227.